The number of nitrogens with zero attached hydrogens (tertiary/aromatic N) is 1. The fourth-order valence-corrected chi connectivity index (χ4v) is 1.23. The van der Waals surface area contributed by atoms with Gasteiger partial charge in [0.05, 0.1) is 13.2 Å². The number of hydrogen-bond acceptors (Lipinski definition) is 3. The molecule has 0 bridgehead atoms. The first-order valence-corrected chi connectivity index (χ1v) is 4.02. The average molecular weight is 187 g/mol. The van der Waals surface area contributed by atoms with Crippen LogP contribution in [0.15, 0.2) is 0 Å². The first-order chi connectivity index (χ1) is 6.16. The maximum atomic E-state index is 11.2. The van der Waals surface area contributed by atoms with Crippen molar-refractivity contribution in [1.82, 2.24) is 10.2 Å². The van der Waals surface area contributed by atoms with Crippen molar-refractivity contribution in [3.63, 3.8) is 0 Å². The number of urea groups is 1. The number of nitrogens with one attached hydrogen (secondary N) is 1. The van der Waals surface area contributed by atoms with E-state index in [2.05, 4.69) is 5.32 Å². The van der Waals surface area contributed by atoms with Crippen LogP contribution in [0.5, 0.6) is 0 Å². The van der Waals surface area contributed by atoms with Gasteiger partial charge < -0.3 is 20.7 Å². The molecular formula is C7H13N3O3. The van der Waals surface area contributed by atoms with Gasteiger partial charge in [-0.3, -0.25) is 4.79 Å². The van der Waals surface area contributed by atoms with E-state index in [4.69, 9.17) is 10.5 Å². The van der Waals surface area contributed by atoms with E-state index in [1.165, 1.54) is 11.9 Å². The molecule has 1 atom stereocenters. The molecule has 1 heterocycles. The van der Waals surface area contributed by atoms with Gasteiger partial charge in [-0.25, -0.2) is 4.79 Å². The topological polar surface area (TPSA) is 84.7 Å². The van der Waals surface area contributed by atoms with Crippen LogP contribution in [0.3, 0.4) is 0 Å². The minimum Gasteiger partial charge on any atom is -0.377 e. The van der Waals surface area contributed by atoms with Crippen LogP contribution in [0.4, 0.5) is 4.79 Å². The van der Waals surface area contributed by atoms with Gasteiger partial charge in [0.2, 0.25) is 5.91 Å². The summed E-state index contributed by atoms with van der Waals surface area (Å²) in [5.74, 6) is -0.539. The van der Waals surface area contributed by atoms with Gasteiger partial charge in [0.1, 0.15) is 6.04 Å². The molecule has 0 aromatic rings. The maximum Gasteiger partial charge on any atom is 0.317 e. The van der Waals surface area contributed by atoms with E-state index in [-0.39, 0.29) is 12.6 Å². The van der Waals surface area contributed by atoms with Crippen molar-refractivity contribution >= 4 is 11.9 Å². The van der Waals surface area contributed by atoms with Crippen LogP contribution < -0.4 is 11.1 Å². The molecule has 0 radical (unpaired) electrons. The van der Waals surface area contributed by atoms with E-state index in [0.717, 1.165) is 0 Å². The van der Waals surface area contributed by atoms with Gasteiger partial charge in [-0.2, -0.15) is 0 Å². The zero-order valence-corrected chi connectivity index (χ0v) is 7.45. The highest BCUT2D eigenvalue weighted by molar-refractivity contribution is 5.86. The first kappa shape index (κ1) is 9.79. The van der Waals surface area contributed by atoms with Crippen LogP contribution in [-0.2, 0) is 9.53 Å². The van der Waals surface area contributed by atoms with Crippen molar-refractivity contribution in [2.24, 2.45) is 5.73 Å². The van der Waals surface area contributed by atoms with Crippen molar-refractivity contribution in [3.05, 3.63) is 0 Å². The number of hydrogen-bond donors (Lipinski definition) is 2. The summed E-state index contributed by atoms with van der Waals surface area (Å²) in [6.45, 7) is 1.02. The van der Waals surface area contributed by atoms with Gasteiger partial charge in [-0.05, 0) is 0 Å². The van der Waals surface area contributed by atoms with Crippen molar-refractivity contribution in [2.45, 2.75) is 6.04 Å². The smallest absolute Gasteiger partial charge is 0.317 e. The molecule has 13 heavy (non-hydrogen) atoms. The minimum atomic E-state index is -0.645. The molecule has 0 spiro atoms. The third-order valence-corrected chi connectivity index (χ3v) is 1.93. The molecule has 74 valence electrons. The van der Waals surface area contributed by atoms with Crippen molar-refractivity contribution in [2.75, 3.05) is 26.8 Å². The van der Waals surface area contributed by atoms with E-state index in [9.17, 15) is 9.59 Å². The van der Waals surface area contributed by atoms with Crippen LogP contribution in [-0.4, -0.2) is 49.7 Å². The van der Waals surface area contributed by atoms with Crippen LogP contribution in [0.25, 0.3) is 0 Å². The number of rotatable bonds is 1. The number of amides is 3. The second kappa shape index (κ2) is 4.08. The lowest BCUT2D eigenvalue weighted by Crippen LogP contribution is -2.56. The Hall–Kier alpha value is -1.30. The number of carbonyl (C=O) groups is 2. The molecule has 1 saturated heterocycles. The van der Waals surface area contributed by atoms with Gasteiger partial charge in [0.25, 0.3) is 0 Å². The van der Waals surface area contributed by atoms with E-state index in [1.807, 2.05) is 0 Å². The predicted octanol–water partition coefficient (Wildman–Crippen LogP) is -1.49. The molecule has 1 aliphatic heterocycles. The molecule has 1 rings (SSSR count). The van der Waals surface area contributed by atoms with Gasteiger partial charge in [-0.1, -0.05) is 0 Å². The Morgan fingerprint density at radius 1 is 1.62 bits per heavy atom. The summed E-state index contributed by atoms with van der Waals surface area (Å²) in [5, 5.41) is 2.44. The lowest BCUT2D eigenvalue weighted by Gasteiger charge is -2.32. The first-order valence-electron chi connectivity index (χ1n) is 4.02. The molecule has 1 unspecified atom stereocenters. The van der Waals surface area contributed by atoms with E-state index in [1.54, 1.807) is 0 Å². The molecule has 0 aromatic carbocycles. The highest BCUT2D eigenvalue weighted by Crippen LogP contribution is 2.06. The van der Waals surface area contributed by atoms with E-state index < -0.39 is 11.9 Å². The Labute approximate surface area is 76.0 Å². The molecule has 6 nitrogen and oxygen atoms in total. The minimum absolute atomic E-state index is 0.183. The van der Waals surface area contributed by atoms with Crippen LogP contribution in [0.1, 0.15) is 0 Å². The highest BCUT2D eigenvalue weighted by atomic mass is 16.5. The third kappa shape index (κ3) is 2.09. The molecule has 0 aromatic heterocycles. The predicted molar refractivity (Wildman–Crippen MR) is 45.0 cm³/mol. The molecule has 3 amide bonds. The molecule has 1 aliphatic rings. The van der Waals surface area contributed by atoms with Gasteiger partial charge in [0, 0.05) is 13.6 Å². The Morgan fingerprint density at radius 3 is 2.85 bits per heavy atom. The second-order valence-electron chi connectivity index (χ2n) is 2.74. The average Bonchev–Trinajstić information content (AvgIpc) is 2.16. The number of nitrogens with two attached hydrogens (primary N) is 1. The summed E-state index contributed by atoms with van der Waals surface area (Å²) in [4.78, 5) is 23.5. The number of ether oxygens (including phenoxy) is 1. The largest absolute Gasteiger partial charge is 0.377 e. The highest BCUT2D eigenvalue weighted by Gasteiger charge is 2.30. The molecule has 1 fully saturated rings. The van der Waals surface area contributed by atoms with Crippen molar-refractivity contribution in [3.8, 4) is 0 Å². The SMILES string of the molecule is CNC(=O)N1CCOCC1C(N)=O. The molecule has 0 saturated carbocycles. The number of morpholine rings is 1. The number of carbonyl (C=O) groups excluding carboxylic acids is 2. The summed E-state index contributed by atoms with van der Waals surface area (Å²) in [6, 6.07) is -0.944. The van der Waals surface area contributed by atoms with Gasteiger partial charge in [-0.15, -0.1) is 0 Å². The summed E-state index contributed by atoms with van der Waals surface area (Å²) in [7, 11) is 1.51. The van der Waals surface area contributed by atoms with Crippen LogP contribution in [0.2, 0.25) is 0 Å². The zero-order chi connectivity index (χ0) is 9.84. The lowest BCUT2D eigenvalue weighted by atomic mass is 10.2. The van der Waals surface area contributed by atoms with E-state index >= 15 is 0 Å². The van der Waals surface area contributed by atoms with Crippen molar-refractivity contribution < 1.29 is 14.3 Å². The summed E-state index contributed by atoms with van der Waals surface area (Å²) >= 11 is 0. The van der Waals surface area contributed by atoms with Crippen molar-refractivity contribution in [1.29, 1.82) is 0 Å². The normalized spacial score (nSPS) is 22.5. The van der Waals surface area contributed by atoms with Crippen LogP contribution >= 0.6 is 0 Å². The van der Waals surface area contributed by atoms with Crippen LogP contribution in [0, 0.1) is 0 Å². The van der Waals surface area contributed by atoms with Gasteiger partial charge >= 0.3 is 6.03 Å². The standard InChI is InChI=1S/C7H13N3O3/c1-9-7(12)10-2-3-13-4-5(10)6(8)11/h5H,2-4H2,1H3,(H2,8,11)(H,9,12). The summed E-state index contributed by atoms with van der Waals surface area (Å²) in [6.07, 6.45) is 0. The Morgan fingerprint density at radius 2 is 2.31 bits per heavy atom. The van der Waals surface area contributed by atoms with Gasteiger partial charge in [0.15, 0.2) is 0 Å². The maximum absolute atomic E-state index is 11.2. The monoisotopic (exact) mass is 187 g/mol. The molecule has 3 N–H and O–H groups in total. The fourth-order valence-electron chi connectivity index (χ4n) is 1.23. The Kier molecular flexibility index (Phi) is 3.07. The summed E-state index contributed by atoms with van der Waals surface area (Å²) < 4.78 is 5.05. The Bertz CT molecular complexity index is 219. The fraction of sp³-hybridized carbons (Fsp3) is 0.714. The number of primary amides is 1. The van der Waals surface area contributed by atoms with E-state index in [0.29, 0.717) is 13.2 Å². The molecule has 0 aliphatic carbocycles. The lowest BCUT2D eigenvalue weighted by molar-refractivity contribution is -0.127. The second-order valence-corrected chi connectivity index (χ2v) is 2.74. The zero-order valence-electron chi connectivity index (χ0n) is 7.45. The summed E-state index contributed by atoms with van der Waals surface area (Å²) in [5.41, 5.74) is 5.11. The Balaban J connectivity index is 2.67. The third-order valence-electron chi connectivity index (χ3n) is 1.93. The molecular weight excluding hydrogens is 174 g/mol. The quantitative estimate of drug-likeness (QED) is 0.524. The molecule has 6 heteroatoms.